The van der Waals surface area contributed by atoms with Crippen LogP contribution in [0.1, 0.15) is 23.0 Å². The van der Waals surface area contributed by atoms with Crippen LogP contribution in [0.25, 0.3) is 33.2 Å². The van der Waals surface area contributed by atoms with Crippen LogP contribution < -0.4 is 10.9 Å². The predicted molar refractivity (Wildman–Crippen MR) is 150 cm³/mol. The normalized spacial score (nSPS) is 11.8. The van der Waals surface area contributed by atoms with Crippen LogP contribution >= 0.6 is 11.3 Å². The van der Waals surface area contributed by atoms with Crippen molar-refractivity contribution in [2.24, 2.45) is 7.05 Å². The molecule has 0 aliphatic carbocycles. The summed E-state index contributed by atoms with van der Waals surface area (Å²) in [6.07, 6.45) is -1.18. The first-order valence-corrected chi connectivity index (χ1v) is 13.0. The van der Waals surface area contributed by atoms with Gasteiger partial charge in [0.1, 0.15) is 11.5 Å². The Hall–Kier alpha value is -4.63. The second-order valence-electron chi connectivity index (χ2n) is 9.08. The van der Waals surface area contributed by atoms with Gasteiger partial charge in [-0.25, -0.2) is 14.2 Å². The molecule has 0 saturated heterocycles. The number of amides is 1. The van der Waals surface area contributed by atoms with Gasteiger partial charge >= 0.3 is 5.97 Å². The first-order chi connectivity index (χ1) is 18.7. The lowest BCUT2D eigenvalue weighted by Gasteiger charge is -2.19. The molecule has 0 radical (unpaired) electrons. The fraction of sp³-hybridized carbons (Fsp3) is 0.133. The third-order valence-corrected chi connectivity index (χ3v) is 7.12. The van der Waals surface area contributed by atoms with Crippen LogP contribution in [0.4, 0.5) is 9.52 Å². The number of thiazole rings is 1. The largest absolute Gasteiger partial charge is 0.448 e. The standard InChI is InChI=1S/C30H24FN3O4S/c1-17-8-10-20(11-9-17)25-22-6-4-5-7-23(22)28(36)34(3)26(25)29(37)38-18(2)27(35)33-30-32-24(16-39-30)19-12-14-21(31)15-13-19/h4-16,18H,1-3H3,(H,32,33,35). The fourth-order valence-corrected chi connectivity index (χ4v) is 5.00. The summed E-state index contributed by atoms with van der Waals surface area (Å²) in [5.41, 5.74) is 3.33. The van der Waals surface area contributed by atoms with Crippen molar-refractivity contribution in [3.63, 3.8) is 0 Å². The molecule has 0 fully saturated rings. The molecule has 0 aliphatic rings. The Morgan fingerprint density at radius 1 is 0.974 bits per heavy atom. The second kappa shape index (κ2) is 10.6. The van der Waals surface area contributed by atoms with Gasteiger partial charge < -0.3 is 9.30 Å². The molecule has 0 bridgehead atoms. The van der Waals surface area contributed by atoms with E-state index in [1.165, 1.54) is 42.0 Å². The highest BCUT2D eigenvalue weighted by molar-refractivity contribution is 7.14. The molecule has 39 heavy (non-hydrogen) atoms. The van der Waals surface area contributed by atoms with Gasteiger partial charge in [0.05, 0.1) is 5.69 Å². The molecule has 2 aromatic heterocycles. The summed E-state index contributed by atoms with van der Waals surface area (Å²) in [6, 6.07) is 20.6. The third kappa shape index (κ3) is 5.21. The minimum atomic E-state index is -1.18. The van der Waals surface area contributed by atoms with E-state index in [9.17, 15) is 18.8 Å². The summed E-state index contributed by atoms with van der Waals surface area (Å²) < 4.78 is 20.1. The van der Waals surface area contributed by atoms with Gasteiger partial charge in [-0.1, -0.05) is 48.0 Å². The molecule has 1 amide bonds. The number of aromatic nitrogens is 2. The zero-order valence-electron chi connectivity index (χ0n) is 21.4. The topological polar surface area (TPSA) is 90.3 Å². The highest BCUT2D eigenvalue weighted by atomic mass is 32.1. The van der Waals surface area contributed by atoms with E-state index in [1.807, 2.05) is 31.2 Å². The SMILES string of the molecule is Cc1ccc(-c2c(C(=O)OC(C)C(=O)Nc3nc(-c4ccc(F)cc4)cs3)n(C)c(=O)c3ccccc23)cc1. The maximum Gasteiger partial charge on any atom is 0.356 e. The first-order valence-electron chi connectivity index (χ1n) is 12.1. The number of aryl methyl sites for hydroxylation is 1. The summed E-state index contributed by atoms with van der Waals surface area (Å²) in [7, 11) is 1.51. The molecule has 1 N–H and O–H groups in total. The third-order valence-electron chi connectivity index (χ3n) is 6.36. The molecule has 0 aliphatic heterocycles. The van der Waals surface area contributed by atoms with E-state index < -0.39 is 18.0 Å². The number of halogens is 1. The van der Waals surface area contributed by atoms with E-state index in [1.54, 1.807) is 41.8 Å². The molecule has 9 heteroatoms. The average molecular weight is 542 g/mol. The number of pyridine rings is 1. The van der Waals surface area contributed by atoms with Crippen molar-refractivity contribution in [1.29, 1.82) is 0 Å². The molecule has 2 heterocycles. The van der Waals surface area contributed by atoms with Crippen molar-refractivity contribution in [2.75, 3.05) is 5.32 Å². The number of carbonyl (C=O) groups is 2. The Morgan fingerprint density at radius 2 is 1.62 bits per heavy atom. The molecule has 5 rings (SSSR count). The van der Waals surface area contributed by atoms with Gasteiger partial charge in [-0.3, -0.25) is 14.9 Å². The van der Waals surface area contributed by atoms with E-state index in [2.05, 4.69) is 10.3 Å². The maximum atomic E-state index is 13.5. The number of nitrogens with one attached hydrogen (secondary N) is 1. The maximum absolute atomic E-state index is 13.5. The summed E-state index contributed by atoms with van der Waals surface area (Å²) in [5, 5.41) is 5.78. The summed E-state index contributed by atoms with van der Waals surface area (Å²) in [5.74, 6) is -1.73. The van der Waals surface area contributed by atoms with Crippen LogP contribution in [0.5, 0.6) is 0 Å². The molecule has 1 atom stereocenters. The smallest absolute Gasteiger partial charge is 0.356 e. The fourth-order valence-electron chi connectivity index (χ4n) is 4.28. The van der Waals surface area contributed by atoms with Crippen molar-refractivity contribution < 1.29 is 18.7 Å². The van der Waals surface area contributed by atoms with Gasteiger partial charge in [-0.05, 0) is 55.1 Å². The molecule has 5 aromatic rings. The van der Waals surface area contributed by atoms with Crippen LogP contribution in [0, 0.1) is 12.7 Å². The van der Waals surface area contributed by atoms with Crippen LogP contribution in [-0.4, -0.2) is 27.5 Å². The van der Waals surface area contributed by atoms with Crippen molar-refractivity contribution in [2.45, 2.75) is 20.0 Å². The average Bonchev–Trinajstić information content (AvgIpc) is 3.39. The molecule has 7 nitrogen and oxygen atoms in total. The minimum absolute atomic E-state index is 0.0510. The van der Waals surface area contributed by atoms with Crippen LogP contribution in [0.2, 0.25) is 0 Å². The number of nitrogens with zero attached hydrogens (tertiary/aromatic N) is 2. The minimum Gasteiger partial charge on any atom is -0.448 e. The molecule has 0 spiro atoms. The van der Waals surface area contributed by atoms with Gasteiger partial charge in [-0.15, -0.1) is 11.3 Å². The number of anilines is 1. The van der Waals surface area contributed by atoms with E-state index >= 15 is 0 Å². The summed E-state index contributed by atoms with van der Waals surface area (Å²) >= 11 is 1.19. The Labute approximate surface area is 227 Å². The number of benzene rings is 3. The van der Waals surface area contributed by atoms with Gasteiger partial charge in [0, 0.05) is 28.9 Å². The number of hydrogen-bond donors (Lipinski definition) is 1. The second-order valence-corrected chi connectivity index (χ2v) is 9.94. The zero-order valence-corrected chi connectivity index (χ0v) is 22.2. The Balaban J connectivity index is 1.42. The molecule has 1 unspecified atom stereocenters. The van der Waals surface area contributed by atoms with E-state index in [-0.39, 0.29) is 17.1 Å². The number of ether oxygens (including phenoxy) is 1. The van der Waals surface area contributed by atoms with Gasteiger partial charge in [0.25, 0.3) is 11.5 Å². The number of esters is 1. The van der Waals surface area contributed by atoms with Crippen molar-refractivity contribution >= 4 is 39.1 Å². The van der Waals surface area contributed by atoms with Crippen LogP contribution in [0.3, 0.4) is 0 Å². The Kier molecular flexibility index (Phi) is 7.08. The van der Waals surface area contributed by atoms with Crippen LogP contribution in [0.15, 0.2) is 83.0 Å². The highest BCUT2D eigenvalue weighted by Gasteiger charge is 2.26. The Bertz CT molecular complexity index is 1760. The molecule has 196 valence electrons. The zero-order chi connectivity index (χ0) is 27.7. The Morgan fingerprint density at radius 3 is 2.31 bits per heavy atom. The van der Waals surface area contributed by atoms with Crippen molar-refractivity contribution in [3.8, 4) is 22.4 Å². The summed E-state index contributed by atoms with van der Waals surface area (Å²) in [4.78, 5) is 43.9. The lowest BCUT2D eigenvalue weighted by atomic mass is 9.96. The molecular formula is C30H24FN3O4S. The highest BCUT2D eigenvalue weighted by Crippen LogP contribution is 2.31. The molecular weight excluding hydrogens is 517 g/mol. The van der Waals surface area contributed by atoms with E-state index in [0.29, 0.717) is 32.7 Å². The predicted octanol–water partition coefficient (Wildman–Crippen LogP) is 5.96. The first kappa shape index (κ1) is 26.0. The van der Waals surface area contributed by atoms with Gasteiger partial charge in [0.2, 0.25) is 0 Å². The molecule has 3 aromatic carbocycles. The lowest BCUT2D eigenvalue weighted by molar-refractivity contribution is -0.123. The van der Waals surface area contributed by atoms with Gasteiger partial charge in [0.15, 0.2) is 11.2 Å². The van der Waals surface area contributed by atoms with Crippen molar-refractivity contribution in [1.82, 2.24) is 9.55 Å². The quantitative estimate of drug-likeness (QED) is 0.268. The van der Waals surface area contributed by atoms with E-state index in [0.717, 1.165) is 11.1 Å². The van der Waals surface area contributed by atoms with Crippen molar-refractivity contribution in [3.05, 3.63) is 106 Å². The number of fused-ring (bicyclic) bond motifs is 1. The summed E-state index contributed by atoms with van der Waals surface area (Å²) in [6.45, 7) is 3.41. The van der Waals surface area contributed by atoms with Crippen LogP contribution in [-0.2, 0) is 16.6 Å². The lowest BCUT2D eigenvalue weighted by Crippen LogP contribution is -2.32. The number of rotatable bonds is 6. The van der Waals surface area contributed by atoms with Gasteiger partial charge in [-0.2, -0.15) is 0 Å². The number of hydrogen-bond acceptors (Lipinski definition) is 6. The molecule has 0 saturated carbocycles. The monoisotopic (exact) mass is 541 g/mol. The van der Waals surface area contributed by atoms with E-state index in [4.69, 9.17) is 4.74 Å². The number of carbonyl (C=O) groups excluding carboxylic acids is 2.